The topological polar surface area (TPSA) is 29.1 Å². The van der Waals surface area contributed by atoms with Crippen molar-refractivity contribution in [2.24, 2.45) is 0 Å². The zero-order chi connectivity index (χ0) is 6.53. The third kappa shape index (κ3) is 2.37. The van der Waals surface area contributed by atoms with Gasteiger partial charge in [-0.25, -0.2) is 0 Å². The van der Waals surface area contributed by atoms with Gasteiger partial charge >= 0.3 is 0 Å². The summed E-state index contributed by atoms with van der Waals surface area (Å²) in [5.41, 5.74) is 0. The normalized spacial score (nSPS) is 29.1. The molecule has 9 heavy (non-hydrogen) atoms. The van der Waals surface area contributed by atoms with Gasteiger partial charge in [0.25, 0.3) is 0 Å². The molecule has 1 aliphatic rings. The highest BCUT2D eigenvalue weighted by Gasteiger charge is 2.08. The molecule has 1 saturated heterocycles. The van der Waals surface area contributed by atoms with Crippen molar-refractivity contribution in [2.75, 3.05) is 18.1 Å². The average Bonchev–Trinajstić information content (AvgIpc) is 2.13. The number of nitrogens with one attached hydrogen (secondary N) is 1. The van der Waals surface area contributed by atoms with Crippen molar-refractivity contribution >= 4 is 18.0 Å². The van der Waals surface area contributed by atoms with Crippen molar-refractivity contribution in [3.8, 4) is 0 Å². The molecule has 0 amide bonds. The first kappa shape index (κ1) is 7.09. The van der Waals surface area contributed by atoms with Gasteiger partial charge in [-0.3, -0.25) is 0 Å². The monoisotopic (exact) mass is 145 g/mol. The van der Waals surface area contributed by atoms with Gasteiger partial charge < -0.3 is 10.1 Å². The van der Waals surface area contributed by atoms with Crippen LogP contribution in [0.25, 0.3) is 0 Å². The fourth-order valence-corrected chi connectivity index (χ4v) is 1.73. The number of carbonyl (C=O) groups is 1. The van der Waals surface area contributed by atoms with Crippen LogP contribution in [-0.4, -0.2) is 30.4 Å². The number of rotatable bonds is 1. The van der Waals surface area contributed by atoms with Crippen LogP contribution in [0.2, 0.25) is 0 Å². The molecule has 0 aromatic carbocycles. The fraction of sp³-hybridized carbons (Fsp3) is 0.833. The summed E-state index contributed by atoms with van der Waals surface area (Å²) in [7, 11) is 0. The first-order chi connectivity index (χ1) is 4.43. The molecule has 0 saturated carbocycles. The van der Waals surface area contributed by atoms with Crippen molar-refractivity contribution in [1.29, 1.82) is 0 Å². The van der Waals surface area contributed by atoms with Crippen LogP contribution in [0.3, 0.4) is 0 Å². The summed E-state index contributed by atoms with van der Waals surface area (Å²) in [6.07, 6.45) is 2.00. The van der Waals surface area contributed by atoms with Crippen LogP contribution in [0.4, 0.5) is 0 Å². The molecule has 2 nitrogen and oxygen atoms in total. The van der Waals surface area contributed by atoms with Crippen LogP contribution in [0.5, 0.6) is 0 Å². The molecule has 1 rings (SSSR count). The second-order valence-electron chi connectivity index (χ2n) is 2.10. The largest absolute Gasteiger partial charge is 0.307 e. The third-order valence-corrected chi connectivity index (χ3v) is 2.41. The summed E-state index contributed by atoms with van der Waals surface area (Å²) < 4.78 is 0. The molecule has 0 radical (unpaired) electrons. The minimum Gasteiger partial charge on any atom is -0.307 e. The Hall–Kier alpha value is -0.0200. The van der Waals surface area contributed by atoms with Crippen LogP contribution >= 0.6 is 11.8 Å². The maximum atomic E-state index is 10.2. The number of thioether (sulfide) groups is 1. The second kappa shape index (κ2) is 3.90. The van der Waals surface area contributed by atoms with Crippen molar-refractivity contribution in [3.63, 3.8) is 0 Å². The molecule has 0 aromatic rings. The van der Waals surface area contributed by atoms with E-state index in [0.717, 1.165) is 30.8 Å². The highest BCUT2D eigenvalue weighted by atomic mass is 32.2. The number of carbonyl (C=O) groups excluding carboxylic acids is 1. The van der Waals surface area contributed by atoms with Crippen LogP contribution in [0, 0.1) is 0 Å². The standard InChI is InChI=1S/C6H11NOS/c8-5-6-1-3-9-4-2-7-6/h5-7H,1-4H2. The highest BCUT2D eigenvalue weighted by Crippen LogP contribution is 2.06. The number of hydrogen-bond acceptors (Lipinski definition) is 3. The van der Waals surface area contributed by atoms with Gasteiger partial charge in [-0.1, -0.05) is 0 Å². The zero-order valence-electron chi connectivity index (χ0n) is 5.30. The lowest BCUT2D eigenvalue weighted by molar-refractivity contribution is -0.109. The maximum Gasteiger partial charge on any atom is 0.136 e. The molecule has 3 heteroatoms. The first-order valence-corrected chi connectivity index (χ1v) is 4.35. The van der Waals surface area contributed by atoms with Crippen molar-refractivity contribution < 1.29 is 4.79 Å². The van der Waals surface area contributed by atoms with E-state index in [-0.39, 0.29) is 6.04 Å². The van der Waals surface area contributed by atoms with Crippen molar-refractivity contribution in [3.05, 3.63) is 0 Å². The summed E-state index contributed by atoms with van der Waals surface area (Å²) in [4.78, 5) is 10.2. The van der Waals surface area contributed by atoms with E-state index >= 15 is 0 Å². The van der Waals surface area contributed by atoms with E-state index in [2.05, 4.69) is 5.32 Å². The second-order valence-corrected chi connectivity index (χ2v) is 3.32. The van der Waals surface area contributed by atoms with Gasteiger partial charge in [-0.15, -0.1) is 0 Å². The lowest BCUT2D eigenvalue weighted by Crippen LogP contribution is -2.30. The zero-order valence-corrected chi connectivity index (χ0v) is 6.12. The van der Waals surface area contributed by atoms with E-state index < -0.39 is 0 Å². The van der Waals surface area contributed by atoms with Gasteiger partial charge in [0.15, 0.2) is 0 Å². The van der Waals surface area contributed by atoms with E-state index in [1.165, 1.54) is 0 Å². The Labute approximate surface area is 59.4 Å². The predicted octanol–water partition coefficient (Wildman–Crippen LogP) is 0.280. The molecule has 0 aliphatic carbocycles. The molecule has 0 bridgehead atoms. The Morgan fingerprint density at radius 3 is 3.22 bits per heavy atom. The fourth-order valence-electron chi connectivity index (χ4n) is 0.847. The molecule has 1 N–H and O–H groups in total. The molecule has 1 aliphatic heterocycles. The molecule has 0 aromatic heterocycles. The van der Waals surface area contributed by atoms with Gasteiger partial charge in [-0.05, 0) is 12.2 Å². The minimum absolute atomic E-state index is 0.125. The van der Waals surface area contributed by atoms with Gasteiger partial charge in [0.1, 0.15) is 6.29 Å². The first-order valence-electron chi connectivity index (χ1n) is 3.20. The lowest BCUT2D eigenvalue weighted by Gasteiger charge is -2.04. The van der Waals surface area contributed by atoms with Crippen LogP contribution in [0.15, 0.2) is 0 Å². The van der Waals surface area contributed by atoms with Crippen LogP contribution in [0.1, 0.15) is 6.42 Å². The van der Waals surface area contributed by atoms with Gasteiger partial charge in [0, 0.05) is 12.3 Å². The van der Waals surface area contributed by atoms with Gasteiger partial charge in [0.2, 0.25) is 0 Å². The van der Waals surface area contributed by atoms with Crippen molar-refractivity contribution in [1.82, 2.24) is 5.32 Å². The Morgan fingerprint density at radius 2 is 2.44 bits per heavy atom. The van der Waals surface area contributed by atoms with Gasteiger partial charge in [0.05, 0.1) is 6.04 Å². The lowest BCUT2D eigenvalue weighted by atomic mass is 10.2. The average molecular weight is 145 g/mol. The number of hydrogen-bond donors (Lipinski definition) is 1. The smallest absolute Gasteiger partial charge is 0.136 e. The quantitative estimate of drug-likeness (QED) is 0.537. The summed E-state index contributed by atoms with van der Waals surface area (Å²) in [6, 6.07) is 0.125. The van der Waals surface area contributed by atoms with Crippen LogP contribution in [-0.2, 0) is 4.79 Å². The Kier molecular flexibility index (Phi) is 3.08. The summed E-state index contributed by atoms with van der Waals surface area (Å²) >= 11 is 1.91. The maximum absolute atomic E-state index is 10.2. The van der Waals surface area contributed by atoms with E-state index in [9.17, 15) is 4.79 Å². The highest BCUT2D eigenvalue weighted by molar-refractivity contribution is 7.99. The van der Waals surface area contributed by atoms with E-state index in [4.69, 9.17) is 0 Å². The van der Waals surface area contributed by atoms with E-state index in [0.29, 0.717) is 0 Å². The molecular weight excluding hydrogens is 134 g/mol. The molecule has 52 valence electrons. The summed E-state index contributed by atoms with van der Waals surface area (Å²) in [5, 5.41) is 3.14. The molecule has 0 spiro atoms. The van der Waals surface area contributed by atoms with Crippen molar-refractivity contribution in [2.45, 2.75) is 12.5 Å². The predicted molar refractivity (Wildman–Crippen MR) is 39.8 cm³/mol. The number of aldehydes is 1. The molecular formula is C6H11NOS. The van der Waals surface area contributed by atoms with Gasteiger partial charge in [-0.2, -0.15) is 11.8 Å². The Morgan fingerprint density at radius 1 is 1.56 bits per heavy atom. The Bertz CT molecular complexity index is 89.1. The SMILES string of the molecule is O=CC1CCSCCN1. The minimum atomic E-state index is 0.125. The third-order valence-electron chi connectivity index (χ3n) is 1.39. The molecule has 1 unspecified atom stereocenters. The molecule has 1 atom stereocenters. The molecule has 1 fully saturated rings. The molecule has 1 heterocycles. The summed E-state index contributed by atoms with van der Waals surface area (Å²) in [5.74, 6) is 2.26. The van der Waals surface area contributed by atoms with Crippen LogP contribution < -0.4 is 5.32 Å². The van der Waals surface area contributed by atoms with E-state index in [1.807, 2.05) is 11.8 Å². The summed E-state index contributed by atoms with van der Waals surface area (Å²) in [6.45, 7) is 0.980. The van der Waals surface area contributed by atoms with E-state index in [1.54, 1.807) is 0 Å². The Balaban J connectivity index is 2.26.